The second-order valence-corrected chi connectivity index (χ2v) is 7.58. The van der Waals surface area contributed by atoms with E-state index in [1.54, 1.807) is 19.2 Å². The molecule has 0 spiro atoms. The lowest BCUT2D eigenvalue weighted by Crippen LogP contribution is -2.46. The van der Waals surface area contributed by atoms with Gasteiger partial charge in [-0.2, -0.15) is 0 Å². The molecule has 0 saturated carbocycles. The number of nitrogens with zero attached hydrogens (tertiary/aromatic N) is 1. The molecular formula is C19H21FN2O2S. The minimum absolute atomic E-state index is 0.00406. The molecule has 0 bridgehead atoms. The normalized spacial score (nSPS) is 12.5. The van der Waals surface area contributed by atoms with Gasteiger partial charge in [0.05, 0.1) is 5.52 Å². The number of hydrogen-bond donors (Lipinski definition) is 1. The van der Waals surface area contributed by atoms with Gasteiger partial charge in [-0.05, 0) is 46.1 Å². The van der Waals surface area contributed by atoms with Crippen molar-refractivity contribution in [2.45, 2.75) is 38.7 Å². The van der Waals surface area contributed by atoms with Gasteiger partial charge in [-0.25, -0.2) is 4.39 Å². The van der Waals surface area contributed by atoms with E-state index in [9.17, 15) is 9.18 Å². The molecule has 0 saturated heterocycles. The van der Waals surface area contributed by atoms with Gasteiger partial charge in [-0.3, -0.25) is 9.78 Å². The predicted molar refractivity (Wildman–Crippen MR) is 100 cm³/mol. The maximum Gasteiger partial charge on any atom is 0.272 e. The number of rotatable bonds is 4. The molecule has 1 aromatic heterocycles. The van der Waals surface area contributed by atoms with Crippen LogP contribution in [0.4, 0.5) is 4.39 Å². The van der Waals surface area contributed by atoms with Gasteiger partial charge < -0.3 is 10.1 Å². The van der Waals surface area contributed by atoms with Crippen molar-refractivity contribution < 1.29 is 13.9 Å². The molecule has 1 heterocycles. The highest BCUT2D eigenvalue weighted by Crippen LogP contribution is 2.30. The van der Waals surface area contributed by atoms with Gasteiger partial charge in [0.15, 0.2) is 11.6 Å². The third-order valence-electron chi connectivity index (χ3n) is 3.43. The summed E-state index contributed by atoms with van der Waals surface area (Å²) >= 11 is 1.19. The van der Waals surface area contributed by atoms with E-state index in [1.807, 2.05) is 20.8 Å². The fourth-order valence-electron chi connectivity index (χ4n) is 2.32. The number of carbonyl (C=O) groups is 1. The number of amides is 1. The summed E-state index contributed by atoms with van der Waals surface area (Å²) in [6.07, 6.45) is 8.65. The van der Waals surface area contributed by atoms with Gasteiger partial charge in [0.1, 0.15) is 0 Å². The SMILES string of the molecule is C#Cc1cnc2c(C)c(F)c(OC(SC)C(=O)NC(C)(C)C)cc2c1. The van der Waals surface area contributed by atoms with Crippen LogP contribution in [0, 0.1) is 25.1 Å². The van der Waals surface area contributed by atoms with Crippen LogP contribution in [0.1, 0.15) is 31.9 Å². The lowest BCUT2D eigenvalue weighted by Gasteiger charge is -2.24. The molecule has 2 rings (SSSR count). The Kier molecular flexibility index (Phi) is 5.58. The number of benzene rings is 1. The molecular weight excluding hydrogens is 339 g/mol. The Morgan fingerprint density at radius 1 is 1.44 bits per heavy atom. The average Bonchev–Trinajstić information content (AvgIpc) is 2.54. The summed E-state index contributed by atoms with van der Waals surface area (Å²) in [7, 11) is 0. The second kappa shape index (κ2) is 7.32. The van der Waals surface area contributed by atoms with Crippen LogP contribution in [-0.4, -0.2) is 28.1 Å². The number of nitrogens with one attached hydrogen (secondary N) is 1. The quantitative estimate of drug-likeness (QED) is 0.668. The van der Waals surface area contributed by atoms with Gasteiger partial charge >= 0.3 is 0 Å². The molecule has 0 radical (unpaired) electrons. The highest BCUT2D eigenvalue weighted by molar-refractivity contribution is 7.99. The second-order valence-electron chi connectivity index (χ2n) is 6.68. The van der Waals surface area contributed by atoms with Gasteiger partial charge in [0.2, 0.25) is 5.44 Å². The molecule has 0 aliphatic heterocycles. The Balaban J connectivity index is 2.41. The largest absolute Gasteiger partial charge is 0.467 e. The molecule has 1 amide bonds. The highest BCUT2D eigenvalue weighted by atomic mass is 32.2. The summed E-state index contributed by atoms with van der Waals surface area (Å²) in [5.41, 5.74) is 0.194. The maximum atomic E-state index is 14.7. The molecule has 1 atom stereocenters. The predicted octanol–water partition coefficient (Wildman–Crippen LogP) is 3.65. The topological polar surface area (TPSA) is 51.2 Å². The summed E-state index contributed by atoms with van der Waals surface area (Å²) in [4.78, 5) is 16.6. The Labute approximate surface area is 151 Å². The number of pyridine rings is 1. The number of carbonyl (C=O) groups excluding carboxylic acids is 1. The van der Waals surface area contributed by atoms with Crippen molar-refractivity contribution in [3.63, 3.8) is 0 Å². The van der Waals surface area contributed by atoms with Crippen LogP contribution in [0.3, 0.4) is 0 Å². The van der Waals surface area contributed by atoms with Gasteiger partial charge in [0.25, 0.3) is 5.91 Å². The van der Waals surface area contributed by atoms with Gasteiger partial charge in [0, 0.05) is 28.2 Å². The van der Waals surface area contributed by atoms with Gasteiger partial charge in [-0.15, -0.1) is 18.2 Å². The van der Waals surface area contributed by atoms with Crippen molar-refractivity contribution in [2.24, 2.45) is 0 Å². The van der Waals surface area contributed by atoms with E-state index in [2.05, 4.69) is 16.2 Å². The van der Waals surface area contributed by atoms with Crippen LogP contribution in [0.15, 0.2) is 18.3 Å². The van der Waals surface area contributed by atoms with Crippen molar-refractivity contribution in [1.29, 1.82) is 0 Å². The first-order valence-electron chi connectivity index (χ1n) is 7.73. The number of halogens is 1. The first-order chi connectivity index (χ1) is 11.7. The van der Waals surface area contributed by atoms with Crippen LogP contribution in [0.5, 0.6) is 5.75 Å². The number of thioether (sulfide) groups is 1. The molecule has 25 heavy (non-hydrogen) atoms. The summed E-state index contributed by atoms with van der Waals surface area (Å²) in [6.45, 7) is 7.23. The average molecular weight is 360 g/mol. The molecule has 1 N–H and O–H groups in total. The summed E-state index contributed by atoms with van der Waals surface area (Å²) in [6, 6.07) is 3.27. The smallest absolute Gasteiger partial charge is 0.272 e. The fraction of sp³-hybridized carbons (Fsp3) is 0.368. The van der Waals surface area contributed by atoms with E-state index in [-0.39, 0.29) is 11.7 Å². The fourth-order valence-corrected chi connectivity index (χ4v) is 2.79. The summed E-state index contributed by atoms with van der Waals surface area (Å²) in [5.74, 6) is 1.66. The van der Waals surface area contributed by atoms with Crippen LogP contribution >= 0.6 is 11.8 Å². The van der Waals surface area contributed by atoms with Crippen molar-refractivity contribution >= 4 is 28.6 Å². The number of terminal acetylenes is 1. The van der Waals surface area contributed by atoms with Crippen molar-refractivity contribution in [2.75, 3.05) is 6.26 Å². The molecule has 4 nitrogen and oxygen atoms in total. The first-order valence-corrected chi connectivity index (χ1v) is 9.02. The van der Waals surface area contributed by atoms with E-state index in [4.69, 9.17) is 11.2 Å². The van der Waals surface area contributed by atoms with Crippen molar-refractivity contribution in [3.8, 4) is 18.1 Å². The standard InChI is InChI=1S/C19H21FN2O2S/c1-7-12-8-13-9-14(15(20)11(2)16(13)21-10-12)24-18(25-6)17(23)22-19(3,4)5/h1,8-10,18H,2-6H3,(H,22,23). The van der Waals surface area contributed by atoms with Crippen molar-refractivity contribution in [3.05, 3.63) is 35.3 Å². The molecule has 2 aromatic rings. The molecule has 0 fully saturated rings. The maximum absolute atomic E-state index is 14.7. The van der Waals surface area contributed by atoms with E-state index in [0.29, 0.717) is 22.0 Å². The van der Waals surface area contributed by atoms with Crippen LogP contribution in [0.2, 0.25) is 0 Å². The highest BCUT2D eigenvalue weighted by Gasteiger charge is 2.25. The van der Waals surface area contributed by atoms with E-state index in [0.717, 1.165) is 0 Å². The van der Waals surface area contributed by atoms with E-state index in [1.165, 1.54) is 24.0 Å². The van der Waals surface area contributed by atoms with Crippen LogP contribution < -0.4 is 10.1 Å². The zero-order valence-corrected chi connectivity index (χ0v) is 15.8. The molecule has 6 heteroatoms. The monoisotopic (exact) mass is 360 g/mol. The third kappa shape index (κ3) is 4.43. The summed E-state index contributed by atoms with van der Waals surface area (Å²) in [5, 5.41) is 3.50. The summed E-state index contributed by atoms with van der Waals surface area (Å²) < 4.78 is 20.3. The Hall–Kier alpha value is -2.26. The molecule has 1 aromatic carbocycles. The minimum atomic E-state index is -0.866. The van der Waals surface area contributed by atoms with Crippen LogP contribution in [-0.2, 0) is 4.79 Å². The number of aromatic nitrogens is 1. The Morgan fingerprint density at radius 2 is 2.12 bits per heavy atom. The van der Waals surface area contributed by atoms with Crippen LogP contribution in [0.25, 0.3) is 10.9 Å². The zero-order valence-electron chi connectivity index (χ0n) is 14.9. The number of ether oxygens (including phenoxy) is 1. The van der Waals surface area contributed by atoms with Crippen molar-refractivity contribution in [1.82, 2.24) is 10.3 Å². The number of fused-ring (bicyclic) bond motifs is 1. The Morgan fingerprint density at radius 3 is 2.68 bits per heavy atom. The molecule has 0 aliphatic carbocycles. The molecule has 0 aliphatic rings. The lowest BCUT2D eigenvalue weighted by atomic mass is 10.1. The van der Waals surface area contributed by atoms with E-state index >= 15 is 0 Å². The number of hydrogen-bond acceptors (Lipinski definition) is 4. The van der Waals surface area contributed by atoms with E-state index < -0.39 is 16.8 Å². The third-order valence-corrected chi connectivity index (χ3v) is 4.17. The minimum Gasteiger partial charge on any atom is -0.467 e. The zero-order chi connectivity index (χ0) is 18.8. The molecule has 1 unspecified atom stereocenters. The molecule has 132 valence electrons. The first kappa shape index (κ1) is 19.1. The lowest BCUT2D eigenvalue weighted by molar-refractivity contribution is -0.125. The van der Waals surface area contributed by atoms with Gasteiger partial charge in [-0.1, -0.05) is 5.92 Å². The number of aryl methyl sites for hydroxylation is 1. The Bertz CT molecular complexity index is 853.